The van der Waals surface area contributed by atoms with Gasteiger partial charge in [-0.3, -0.25) is 33.4 Å². The lowest BCUT2D eigenvalue weighted by atomic mass is 10.0. The molecule has 0 saturated heterocycles. The van der Waals surface area contributed by atoms with E-state index < -0.39 is 71.7 Å². The number of phenols is 1. The fraction of sp³-hybridized carbons (Fsp3) is 0.459. The number of hydrogen-bond acceptors (Lipinski definition) is 10. The number of carbonyl (C=O) groups excluding carboxylic acids is 6. The first-order valence-electron chi connectivity index (χ1n) is 18.0. The van der Waals surface area contributed by atoms with Gasteiger partial charge in [0.15, 0.2) is 0 Å². The summed E-state index contributed by atoms with van der Waals surface area (Å²) in [6.07, 6.45) is 3.77. The van der Waals surface area contributed by atoms with Gasteiger partial charge in [-0.2, -0.15) is 0 Å². The molecular formula is C37H50N10O7. The molecule has 2 heterocycles. The van der Waals surface area contributed by atoms with Crippen molar-refractivity contribution >= 4 is 35.4 Å². The van der Waals surface area contributed by atoms with Crippen molar-refractivity contribution in [2.75, 3.05) is 7.05 Å². The first-order valence-corrected chi connectivity index (χ1v) is 18.0. The highest BCUT2D eigenvalue weighted by atomic mass is 16.3. The van der Waals surface area contributed by atoms with E-state index in [1.807, 2.05) is 0 Å². The van der Waals surface area contributed by atoms with E-state index in [0.717, 1.165) is 0 Å². The van der Waals surface area contributed by atoms with E-state index in [-0.39, 0.29) is 31.4 Å². The quantitative estimate of drug-likeness (QED) is 0.141. The molecule has 1 aliphatic rings. The van der Waals surface area contributed by atoms with Crippen LogP contribution in [0.25, 0.3) is 0 Å². The molecule has 0 spiro atoms. The Labute approximate surface area is 313 Å². The fourth-order valence-corrected chi connectivity index (χ4v) is 5.83. The van der Waals surface area contributed by atoms with Gasteiger partial charge in [-0.15, -0.1) is 5.10 Å². The van der Waals surface area contributed by atoms with Crippen LogP contribution in [0.4, 0.5) is 0 Å². The minimum Gasteiger partial charge on any atom is -0.508 e. The van der Waals surface area contributed by atoms with E-state index in [0.29, 0.717) is 42.6 Å². The molecule has 17 heteroatoms. The SMILES string of the molecule is CN[C@H](C)C(=O)N[C@H]1Cc2cn(nn2)CCCCC[C@@H](C(N)=O)NC(=O)[C@H](Cc2ccc(O)cc2)NC(=O)[C@H](Cc2ccccc2)NC(=O)[C@@H](C)NC1=O. The monoisotopic (exact) mass is 746 g/mol. The maximum atomic E-state index is 14.0. The molecule has 2 bridgehead atoms. The summed E-state index contributed by atoms with van der Waals surface area (Å²) in [6, 6.07) is 8.69. The van der Waals surface area contributed by atoms with Crippen LogP contribution >= 0.6 is 0 Å². The van der Waals surface area contributed by atoms with Gasteiger partial charge in [0.05, 0.1) is 11.7 Å². The molecule has 17 nitrogen and oxygen atoms in total. The lowest BCUT2D eigenvalue weighted by Gasteiger charge is -2.26. The van der Waals surface area contributed by atoms with Gasteiger partial charge in [-0.25, -0.2) is 0 Å². The summed E-state index contributed by atoms with van der Waals surface area (Å²) in [6.45, 7) is 3.56. The van der Waals surface area contributed by atoms with E-state index in [4.69, 9.17) is 5.73 Å². The summed E-state index contributed by atoms with van der Waals surface area (Å²) in [5.41, 5.74) is 7.44. The Kier molecular flexibility index (Phi) is 15.0. The summed E-state index contributed by atoms with van der Waals surface area (Å²) >= 11 is 0. The zero-order valence-corrected chi connectivity index (χ0v) is 30.7. The van der Waals surface area contributed by atoms with Crippen molar-refractivity contribution in [1.29, 1.82) is 0 Å². The Morgan fingerprint density at radius 3 is 2.15 bits per heavy atom. The molecule has 0 unspecified atom stereocenters. The molecule has 0 radical (unpaired) electrons. The molecule has 6 amide bonds. The average molecular weight is 747 g/mol. The third kappa shape index (κ3) is 12.4. The van der Waals surface area contributed by atoms with Crippen LogP contribution in [0.2, 0.25) is 0 Å². The maximum absolute atomic E-state index is 14.0. The largest absolute Gasteiger partial charge is 0.508 e. The lowest BCUT2D eigenvalue weighted by molar-refractivity contribution is -0.134. The number of nitrogens with two attached hydrogens (primary N) is 1. The van der Waals surface area contributed by atoms with Crippen LogP contribution in [0.1, 0.15) is 56.4 Å². The highest BCUT2D eigenvalue weighted by Crippen LogP contribution is 2.14. The zero-order valence-electron chi connectivity index (χ0n) is 30.7. The van der Waals surface area contributed by atoms with E-state index in [9.17, 15) is 33.9 Å². The summed E-state index contributed by atoms with van der Waals surface area (Å²) < 4.78 is 1.61. The number of benzene rings is 2. The van der Waals surface area contributed by atoms with Crippen molar-refractivity contribution in [1.82, 2.24) is 46.9 Å². The standard InChI is InChI=1S/C37H50N10O7/c1-22(39-3)33(50)43-31-20-26-21-47(46-45-26)17-9-5-8-12-28(32(38)49)41-36(53)30(19-25-13-15-27(48)16-14-25)44-37(54)29(18-24-10-6-4-7-11-24)42-34(51)23(2)40-35(31)52/h4,6-7,10-11,13-16,21-23,28-31,39,48H,5,8-9,12,17-20H2,1-3H3,(H2,38,49)(H,40,52)(H,41,53)(H,42,51)(H,43,50)(H,44,54)/t22-,23-,28+,29+,30+,31+/m1/s1. The van der Waals surface area contributed by atoms with Gasteiger partial charge in [0.2, 0.25) is 35.4 Å². The molecule has 290 valence electrons. The summed E-state index contributed by atoms with van der Waals surface area (Å²) in [7, 11) is 1.61. The molecule has 54 heavy (non-hydrogen) atoms. The van der Waals surface area contributed by atoms with Crippen molar-refractivity contribution in [3.05, 3.63) is 77.6 Å². The second kappa shape index (κ2) is 19.8. The highest BCUT2D eigenvalue weighted by Gasteiger charge is 2.32. The van der Waals surface area contributed by atoms with E-state index in [2.05, 4.69) is 42.2 Å². The number of carbonyl (C=O) groups is 6. The molecule has 1 aliphatic heterocycles. The smallest absolute Gasteiger partial charge is 0.243 e. The second-order valence-electron chi connectivity index (χ2n) is 13.5. The third-order valence-electron chi connectivity index (χ3n) is 9.18. The molecule has 6 atom stereocenters. The van der Waals surface area contributed by atoms with Crippen LogP contribution in [-0.2, 0) is 54.6 Å². The van der Waals surface area contributed by atoms with Gasteiger partial charge < -0.3 is 42.7 Å². The van der Waals surface area contributed by atoms with Crippen LogP contribution in [0.15, 0.2) is 60.8 Å². The number of likely N-dealkylation sites (N-methyl/N-ethyl adjacent to an activating group) is 1. The Morgan fingerprint density at radius 1 is 0.870 bits per heavy atom. The predicted octanol–water partition coefficient (Wildman–Crippen LogP) is -0.877. The molecular weight excluding hydrogens is 696 g/mol. The first-order chi connectivity index (χ1) is 25.8. The fourth-order valence-electron chi connectivity index (χ4n) is 5.83. The topological polar surface area (TPSA) is 252 Å². The van der Waals surface area contributed by atoms with Crippen LogP contribution < -0.4 is 37.6 Å². The zero-order chi connectivity index (χ0) is 39.2. The number of primary amides is 1. The normalized spacial score (nSPS) is 22.9. The van der Waals surface area contributed by atoms with Gasteiger partial charge >= 0.3 is 0 Å². The van der Waals surface area contributed by atoms with Crippen LogP contribution in [0.5, 0.6) is 5.75 Å². The minimum atomic E-state index is -1.21. The van der Waals surface area contributed by atoms with Crippen molar-refractivity contribution in [2.24, 2.45) is 5.73 Å². The lowest BCUT2D eigenvalue weighted by Crippen LogP contribution is -2.59. The predicted molar refractivity (Wildman–Crippen MR) is 197 cm³/mol. The summed E-state index contributed by atoms with van der Waals surface area (Å²) in [5.74, 6) is -3.87. The van der Waals surface area contributed by atoms with Gasteiger partial charge in [0.25, 0.3) is 0 Å². The highest BCUT2D eigenvalue weighted by molar-refractivity contribution is 5.96. The molecule has 2 aromatic carbocycles. The second-order valence-corrected chi connectivity index (χ2v) is 13.5. The molecule has 3 aromatic rings. The number of fused-ring (bicyclic) bond motifs is 2. The first kappa shape index (κ1) is 40.9. The molecule has 0 fully saturated rings. The number of aromatic nitrogens is 3. The number of aromatic hydroxyl groups is 1. The van der Waals surface area contributed by atoms with Gasteiger partial charge in [-0.1, -0.05) is 60.5 Å². The Morgan fingerprint density at radius 2 is 1.50 bits per heavy atom. The average Bonchev–Trinajstić information content (AvgIpc) is 3.60. The number of hydrogen-bond donors (Lipinski definition) is 8. The van der Waals surface area contributed by atoms with Crippen LogP contribution in [0.3, 0.4) is 0 Å². The number of nitrogens with one attached hydrogen (secondary N) is 6. The summed E-state index contributed by atoms with van der Waals surface area (Å²) in [4.78, 5) is 80.4. The molecule has 0 saturated carbocycles. The van der Waals surface area contributed by atoms with E-state index in [1.165, 1.54) is 19.1 Å². The number of phenolic OH excluding ortho intramolecular Hbond substituents is 1. The Hall–Kier alpha value is -5.84. The van der Waals surface area contributed by atoms with Crippen LogP contribution in [-0.4, -0.2) is 98.8 Å². The number of aryl methyl sites for hydroxylation is 1. The Balaban J connectivity index is 1.66. The number of amides is 6. The van der Waals surface area contributed by atoms with Gasteiger partial charge in [0, 0.05) is 32.0 Å². The van der Waals surface area contributed by atoms with Crippen molar-refractivity contribution in [3.63, 3.8) is 0 Å². The molecule has 0 aliphatic carbocycles. The minimum absolute atomic E-state index is 0.0101. The van der Waals surface area contributed by atoms with Gasteiger partial charge in [-0.05, 0) is 57.0 Å². The van der Waals surface area contributed by atoms with Crippen molar-refractivity contribution in [2.45, 2.75) is 102 Å². The van der Waals surface area contributed by atoms with E-state index in [1.54, 1.807) is 67.3 Å². The third-order valence-corrected chi connectivity index (χ3v) is 9.18. The molecule has 4 rings (SSSR count). The maximum Gasteiger partial charge on any atom is 0.243 e. The van der Waals surface area contributed by atoms with E-state index >= 15 is 0 Å². The van der Waals surface area contributed by atoms with Gasteiger partial charge in [0.1, 0.15) is 36.0 Å². The van der Waals surface area contributed by atoms with Crippen molar-refractivity contribution < 1.29 is 33.9 Å². The molecule has 1 aromatic heterocycles. The molecule has 9 N–H and O–H groups in total. The van der Waals surface area contributed by atoms with Crippen molar-refractivity contribution in [3.8, 4) is 5.75 Å². The van der Waals surface area contributed by atoms with Crippen LogP contribution in [0, 0.1) is 0 Å². The number of nitrogens with zero attached hydrogens (tertiary/aromatic N) is 3. The Bertz CT molecular complexity index is 1750. The number of rotatable bonds is 8. The summed E-state index contributed by atoms with van der Waals surface area (Å²) in [5, 5.41) is 34.5.